The predicted molar refractivity (Wildman–Crippen MR) is 83.8 cm³/mol. The van der Waals surface area contributed by atoms with Crippen LogP contribution in [0.15, 0.2) is 24.3 Å². The van der Waals surface area contributed by atoms with E-state index >= 15 is 0 Å². The number of nitrogens with zero attached hydrogens (tertiary/aromatic N) is 1. The molecule has 0 aliphatic heterocycles. The van der Waals surface area contributed by atoms with E-state index < -0.39 is 0 Å². The van der Waals surface area contributed by atoms with E-state index in [0.717, 1.165) is 31.2 Å². The molecule has 1 saturated carbocycles. The molecule has 3 N–H and O–H groups in total. The van der Waals surface area contributed by atoms with Gasteiger partial charge >= 0.3 is 0 Å². The average molecular weight is 290 g/mol. The topological polar surface area (TPSA) is 66.6 Å². The van der Waals surface area contributed by atoms with Crippen molar-refractivity contribution in [3.8, 4) is 5.75 Å². The molecule has 1 aromatic carbocycles. The highest BCUT2D eigenvalue weighted by atomic mass is 16.3. The van der Waals surface area contributed by atoms with Crippen LogP contribution in [0.4, 0.5) is 0 Å². The molecular weight excluding hydrogens is 264 g/mol. The molecule has 116 valence electrons. The molecule has 1 amide bonds. The summed E-state index contributed by atoms with van der Waals surface area (Å²) in [5.74, 6) is 0.381. The van der Waals surface area contributed by atoms with Gasteiger partial charge in [-0.15, -0.1) is 0 Å². The van der Waals surface area contributed by atoms with Gasteiger partial charge in [0.25, 0.3) is 0 Å². The summed E-state index contributed by atoms with van der Waals surface area (Å²) in [7, 11) is 1.83. The van der Waals surface area contributed by atoms with Gasteiger partial charge in [0, 0.05) is 20.1 Å². The van der Waals surface area contributed by atoms with Crippen molar-refractivity contribution in [2.24, 2.45) is 11.1 Å². The molecule has 0 atom stereocenters. The minimum absolute atomic E-state index is 0.148. The molecule has 4 nitrogen and oxygen atoms in total. The monoisotopic (exact) mass is 290 g/mol. The fraction of sp³-hybridized carbons (Fsp3) is 0.588. The molecule has 2 rings (SSSR count). The molecule has 1 aromatic rings. The second kappa shape index (κ2) is 6.94. The molecule has 1 aliphatic rings. The molecule has 0 aromatic heterocycles. The first kappa shape index (κ1) is 15.8. The first-order valence-electron chi connectivity index (χ1n) is 7.81. The lowest BCUT2D eigenvalue weighted by atomic mass is 9.79. The van der Waals surface area contributed by atoms with Crippen LogP contribution in [0, 0.1) is 5.41 Å². The molecule has 0 spiro atoms. The highest BCUT2D eigenvalue weighted by Crippen LogP contribution is 2.36. The summed E-state index contributed by atoms with van der Waals surface area (Å²) in [5.41, 5.74) is 6.53. The van der Waals surface area contributed by atoms with E-state index in [0.29, 0.717) is 13.1 Å². The van der Waals surface area contributed by atoms with Gasteiger partial charge in [-0.25, -0.2) is 0 Å². The van der Waals surface area contributed by atoms with Crippen molar-refractivity contribution >= 4 is 5.91 Å². The van der Waals surface area contributed by atoms with E-state index in [9.17, 15) is 9.90 Å². The van der Waals surface area contributed by atoms with Gasteiger partial charge in [0.05, 0.1) is 5.41 Å². The largest absolute Gasteiger partial charge is 0.508 e. The van der Waals surface area contributed by atoms with Crippen molar-refractivity contribution in [2.45, 2.75) is 45.1 Å². The zero-order chi connectivity index (χ0) is 15.3. The van der Waals surface area contributed by atoms with Crippen LogP contribution in [0.1, 0.15) is 44.1 Å². The third kappa shape index (κ3) is 3.76. The molecule has 0 bridgehead atoms. The Hall–Kier alpha value is -1.55. The van der Waals surface area contributed by atoms with Gasteiger partial charge < -0.3 is 15.7 Å². The molecule has 1 fully saturated rings. The van der Waals surface area contributed by atoms with Crippen LogP contribution >= 0.6 is 0 Å². The molecule has 21 heavy (non-hydrogen) atoms. The number of phenolic OH excluding ortho intramolecular Hbond substituents is 1. The Morgan fingerprint density at radius 1 is 1.29 bits per heavy atom. The van der Waals surface area contributed by atoms with Crippen molar-refractivity contribution in [2.75, 3.05) is 13.6 Å². The highest BCUT2D eigenvalue weighted by Gasteiger charge is 2.38. The van der Waals surface area contributed by atoms with Crippen LogP contribution in [-0.4, -0.2) is 29.5 Å². The van der Waals surface area contributed by atoms with Crippen molar-refractivity contribution in [1.29, 1.82) is 0 Å². The number of benzene rings is 1. The molecular formula is C17H26N2O2. The maximum Gasteiger partial charge on any atom is 0.230 e. The van der Waals surface area contributed by atoms with E-state index in [1.807, 2.05) is 13.1 Å². The zero-order valence-corrected chi connectivity index (χ0v) is 12.8. The number of phenols is 1. The van der Waals surface area contributed by atoms with Crippen LogP contribution in [0.2, 0.25) is 0 Å². The second-order valence-electron chi connectivity index (χ2n) is 6.23. The second-order valence-corrected chi connectivity index (χ2v) is 6.23. The Kier molecular flexibility index (Phi) is 5.23. The lowest BCUT2D eigenvalue weighted by Gasteiger charge is -2.34. The maximum atomic E-state index is 12.9. The normalized spacial score (nSPS) is 18.0. The minimum Gasteiger partial charge on any atom is -0.508 e. The number of nitrogens with two attached hydrogens (primary N) is 1. The first-order valence-corrected chi connectivity index (χ1v) is 7.81. The third-order valence-corrected chi connectivity index (χ3v) is 4.58. The van der Waals surface area contributed by atoms with Crippen LogP contribution < -0.4 is 5.73 Å². The van der Waals surface area contributed by atoms with Crippen LogP contribution in [-0.2, 0) is 11.3 Å². The van der Waals surface area contributed by atoms with Crippen molar-refractivity contribution in [3.05, 3.63) is 29.8 Å². The number of carbonyl (C=O) groups excluding carboxylic acids is 1. The fourth-order valence-electron chi connectivity index (χ4n) is 3.32. The van der Waals surface area contributed by atoms with Crippen molar-refractivity contribution in [1.82, 2.24) is 4.90 Å². The predicted octanol–water partition coefficient (Wildman–Crippen LogP) is 2.65. The summed E-state index contributed by atoms with van der Waals surface area (Å²) >= 11 is 0. The lowest BCUT2D eigenvalue weighted by molar-refractivity contribution is -0.141. The summed E-state index contributed by atoms with van der Waals surface area (Å²) < 4.78 is 0. The molecule has 0 unspecified atom stereocenters. The molecule has 0 radical (unpaired) electrons. The van der Waals surface area contributed by atoms with E-state index in [-0.39, 0.29) is 17.1 Å². The van der Waals surface area contributed by atoms with Crippen LogP contribution in [0.25, 0.3) is 0 Å². The molecule has 1 aliphatic carbocycles. The number of rotatable bonds is 4. The van der Waals surface area contributed by atoms with Gasteiger partial charge in [0.2, 0.25) is 5.91 Å². The van der Waals surface area contributed by atoms with Gasteiger partial charge in [-0.05, 0) is 30.5 Å². The summed E-state index contributed by atoms with van der Waals surface area (Å²) in [5, 5.41) is 9.52. The Morgan fingerprint density at radius 2 is 1.95 bits per heavy atom. The van der Waals surface area contributed by atoms with Crippen molar-refractivity contribution < 1.29 is 9.90 Å². The summed E-state index contributed by atoms with van der Waals surface area (Å²) in [4.78, 5) is 14.6. The van der Waals surface area contributed by atoms with E-state index in [1.54, 1.807) is 23.1 Å². The fourth-order valence-corrected chi connectivity index (χ4v) is 3.32. The van der Waals surface area contributed by atoms with E-state index in [4.69, 9.17) is 5.73 Å². The van der Waals surface area contributed by atoms with E-state index in [1.165, 1.54) is 12.8 Å². The smallest absolute Gasteiger partial charge is 0.230 e. The van der Waals surface area contributed by atoms with Crippen LogP contribution in [0.3, 0.4) is 0 Å². The quantitative estimate of drug-likeness (QED) is 0.838. The summed E-state index contributed by atoms with van der Waals surface area (Å²) in [6.07, 6.45) is 6.36. The average Bonchev–Trinajstić information content (AvgIpc) is 2.72. The lowest BCUT2D eigenvalue weighted by Crippen LogP contribution is -2.46. The van der Waals surface area contributed by atoms with Gasteiger partial charge in [-0.2, -0.15) is 0 Å². The maximum absolute atomic E-state index is 12.9. The van der Waals surface area contributed by atoms with Gasteiger partial charge in [-0.3, -0.25) is 4.79 Å². The van der Waals surface area contributed by atoms with Gasteiger partial charge in [0.15, 0.2) is 0 Å². The SMILES string of the molecule is CN(Cc1cccc(O)c1)C(=O)C1(CN)CCCCCC1. The Morgan fingerprint density at radius 3 is 2.52 bits per heavy atom. The Labute approximate surface area is 126 Å². The van der Waals surface area contributed by atoms with Gasteiger partial charge in [0.1, 0.15) is 5.75 Å². The van der Waals surface area contributed by atoms with Crippen molar-refractivity contribution in [3.63, 3.8) is 0 Å². The Bertz CT molecular complexity index is 479. The molecule has 0 saturated heterocycles. The first-order chi connectivity index (χ1) is 10.1. The minimum atomic E-state index is -0.387. The highest BCUT2D eigenvalue weighted by molar-refractivity contribution is 5.82. The van der Waals surface area contributed by atoms with Crippen LogP contribution in [0.5, 0.6) is 5.75 Å². The number of hydrogen-bond acceptors (Lipinski definition) is 3. The Balaban J connectivity index is 2.09. The molecule has 0 heterocycles. The number of aromatic hydroxyl groups is 1. The summed E-state index contributed by atoms with van der Waals surface area (Å²) in [6.45, 7) is 0.936. The zero-order valence-electron chi connectivity index (χ0n) is 12.8. The van der Waals surface area contributed by atoms with E-state index in [2.05, 4.69) is 0 Å². The third-order valence-electron chi connectivity index (χ3n) is 4.58. The summed E-state index contributed by atoms with van der Waals surface area (Å²) in [6, 6.07) is 7.06. The number of hydrogen-bond donors (Lipinski definition) is 2. The standard InChI is InChI=1S/C17H26N2O2/c1-19(12-14-7-6-8-15(20)11-14)16(21)17(13-18)9-4-2-3-5-10-17/h6-8,11,20H,2-5,9-10,12-13,18H2,1H3. The number of carbonyl (C=O) groups is 1. The number of amides is 1. The molecule has 4 heteroatoms. The van der Waals surface area contributed by atoms with Gasteiger partial charge in [-0.1, -0.05) is 37.8 Å².